The fourth-order valence-corrected chi connectivity index (χ4v) is 2.50. The Morgan fingerprint density at radius 1 is 1.26 bits per heavy atom. The lowest BCUT2D eigenvalue weighted by molar-refractivity contribution is -0.153. The summed E-state index contributed by atoms with van der Waals surface area (Å²) in [6.07, 6.45) is 0. The molecule has 1 N–H and O–H groups in total. The molecule has 0 radical (unpaired) electrons. The summed E-state index contributed by atoms with van der Waals surface area (Å²) in [6.45, 7) is 5.70. The quantitative estimate of drug-likeness (QED) is 0.807. The van der Waals surface area contributed by atoms with E-state index in [4.69, 9.17) is 0 Å². The summed E-state index contributed by atoms with van der Waals surface area (Å²) in [6, 6.07) is 7.54. The van der Waals surface area contributed by atoms with Gasteiger partial charge in [0.2, 0.25) is 11.8 Å². The Hall–Kier alpha value is -1.11. The molecule has 5 heteroatoms. The fourth-order valence-electron chi connectivity index (χ4n) is 2.14. The monoisotopic (exact) mass is 372 g/mol. The van der Waals surface area contributed by atoms with Crippen LogP contribution in [0.4, 0.5) is 0 Å². The molecule has 0 bridgehead atoms. The van der Waals surface area contributed by atoms with Crippen LogP contribution in [-0.4, -0.2) is 28.3 Å². The van der Waals surface area contributed by atoms with Crippen molar-refractivity contribution in [1.29, 1.82) is 0 Å². The first kappa shape index (κ1) is 14.3. The topological polar surface area (TPSA) is 49.4 Å². The van der Waals surface area contributed by atoms with Crippen LogP contribution in [0.2, 0.25) is 0 Å². The third-order valence-corrected chi connectivity index (χ3v) is 4.06. The number of carbonyl (C=O) groups is 2. The molecular weight excluding hydrogens is 355 g/mol. The lowest BCUT2D eigenvalue weighted by Crippen LogP contribution is -2.66. The van der Waals surface area contributed by atoms with E-state index in [1.807, 2.05) is 24.3 Å². The first-order chi connectivity index (χ1) is 8.81. The van der Waals surface area contributed by atoms with E-state index in [9.17, 15) is 9.59 Å². The normalized spacial score (nSPS) is 22.3. The highest BCUT2D eigenvalue weighted by Gasteiger charge is 2.43. The Balaban J connectivity index is 2.23. The van der Waals surface area contributed by atoms with Gasteiger partial charge in [-0.3, -0.25) is 9.59 Å². The minimum absolute atomic E-state index is 0.0434. The standard InChI is InChI=1S/C14H17IN2O2/c1-9-12(18)16-14(2,3)13(19)17(9)8-10-4-6-11(15)7-5-10/h4-7,9H,8H2,1-3H3,(H,16,18). The van der Waals surface area contributed by atoms with Gasteiger partial charge in [-0.2, -0.15) is 0 Å². The number of rotatable bonds is 2. The number of nitrogens with one attached hydrogen (secondary N) is 1. The highest BCUT2D eigenvalue weighted by molar-refractivity contribution is 14.1. The van der Waals surface area contributed by atoms with Gasteiger partial charge in [0.1, 0.15) is 11.6 Å². The molecule has 1 aliphatic heterocycles. The molecule has 2 rings (SSSR count). The summed E-state index contributed by atoms with van der Waals surface area (Å²) in [7, 11) is 0. The van der Waals surface area contributed by atoms with E-state index < -0.39 is 11.6 Å². The molecular formula is C14H17IN2O2. The molecule has 1 aliphatic rings. The lowest BCUT2D eigenvalue weighted by atomic mass is 9.97. The summed E-state index contributed by atoms with van der Waals surface area (Å²) >= 11 is 2.24. The molecule has 4 nitrogen and oxygen atoms in total. The maximum absolute atomic E-state index is 12.4. The molecule has 0 spiro atoms. The Labute approximate surface area is 126 Å². The summed E-state index contributed by atoms with van der Waals surface area (Å²) < 4.78 is 1.15. The van der Waals surface area contributed by atoms with Gasteiger partial charge in [0, 0.05) is 10.1 Å². The Bertz CT molecular complexity index is 511. The van der Waals surface area contributed by atoms with Crippen molar-refractivity contribution in [3.05, 3.63) is 33.4 Å². The predicted octanol–water partition coefficient (Wildman–Crippen LogP) is 1.92. The zero-order valence-electron chi connectivity index (χ0n) is 11.2. The largest absolute Gasteiger partial charge is 0.340 e. The molecule has 2 amide bonds. The van der Waals surface area contributed by atoms with Crippen LogP contribution in [0.1, 0.15) is 26.3 Å². The van der Waals surface area contributed by atoms with Crippen LogP contribution in [0.3, 0.4) is 0 Å². The minimum Gasteiger partial charge on any atom is -0.340 e. The molecule has 1 aromatic rings. The van der Waals surface area contributed by atoms with Crippen LogP contribution >= 0.6 is 22.6 Å². The first-order valence-corrected chi connectivity index (χ1v) is 7.26. The second-order valence-corrected chi connectivity index (χ2v) is 6.60. The Kier molecular flexibility index (Phi) is 3.85. The van der Waals surface area contributed by atoms with Gasteiger partial charge in [-0.1, -0.05) is 12.1 Å². The van der Waals surface area contributed by atoms with Gasteiger partial charge in [-0.05, 0) is 61.1 Å². The molecule has 1 fully saturated rings. The van der Waals surface area contributed by atoms with Crippen LogP contribution in [0, 0.1) is 3.57 Å². The maximum atomic E-state index is 12.4. The fraction of sp³-hybridized carbons (Fsp3) is 0.429. The number of amides is 2. The van der Waals surface area contributed by atoms with E-state index >= 15 is 0 Å². The number of piperazine rings is 1. The van der Waals surface area contributed by atoms with Crippen molar-refractivity contribution in [2.45, 2.75) is 38.9 Å². The molecule has 0 saturated carbocycles. The van der Waals surface area contributed by atoms with Gasteiger partial charge in [0.05, 0.1) is 0 Å². The Morgan fingerprint density at radius 2 is 1.84 bits per heavy atom. The molecule has 1 saturated heterocycles. The molecule has 1 aromatic carbocycles. The predicted molar refractivity (Wildman–Crippen MR) is 81.4 cm³/mol. The minimum atomic E-state index is -0.827. The number of halogens is 1. The second kappa shape index (κ2) is 5.11. The number of nitrogens with zero attached hydrogens (tertiary/aromatic N) is 1. The molecule has 19 heavy (non-hydrogen) atoms. The van der Waals surface area contributed by atoms with Crippen molar-refractivity contribution < 1.29 is 9.59 Å². The zero-order chi connectivity index (χ0) is 14.2. The number of carbonyl (C=O) groups excluding carboxylic acids is 2. The molecule has 102 valence electrons. The van der Waals surface area contributed by atoms with E-state index in [0.29, 0.717) is 6.54 Å². The van der Waals surface area contributed by atoms with Crippen LogP contribution < -0.4 is 5.32 Å². The van der Waals surface area contributed by atoms with Crippen molar-refractivity contribution >= 4 is 34.4 Å². The SMILES string of the molecule is CC1C(=O)NC(C)(C)C(=O)N1Cc1ccc(I)cc1. The summed E-state index contributed by atoms with van der Waals surface area (Å²) in [5, 5.41) is 2.75. The van der Waals surface area contributed by atoms with E-state index in [1.54, 1.807) is 25.7 Å². The average molecular weight is 372 g/mol. The van der Waals surface area contributed by atoms with Crippen molar-refractivity contribution in [3.8, 4) is 0 Å². The van der Waals surface area contributed by atoms with Gasteiger partial charge in [0.25, 0.3) is 0 Å². The third kappa shape index (κ3) is 2.91. The molecule has 1 unspecified atom stereocenters. The second-order valence-electron chi connectivity index (χ2n) is 5.35. The van der Waals surface area contributed by atoms with Gasteiger partial charge in [0.15, 0.2) is 0 Å². The average Bonchev–Trinajstić information content (AvgIpc) is 2.34. The van der Waals surface area contributed by atoms with E-state index in [0.717, 1.165) is 9.13 Å². The van der Waals surface area contributed by atoms with Gasteiger partial charge in [-0.25, -0.2) is 0 Å². The van der Waals surface area contributed by atoms with E-state index in [1.165, 1.54) is 0 Å². The summed E-state index contributed by atoms with van der Waals surface area (Å²) in [5.41, 5.74) is 0.207. The van der Waals surface area contributed by atoms with Crippen molar-refractivity contribution in [2.75, 3.05) is 0 Å². The van der Waals surface area contributed by atoms with Crippen LogP contribution in [-0.2, 0) is 16.1 Å². The molecule has 0 aliphatic carbocycles. The third-order valence-electron chi connectivity index (χ3n) is 3.34. The molecule has 0 aromatic heterocycles. The van der Waals surface area contributed by atoms with E-state index in [2.05, 4.69) is 27.9 Å². The van der Waals surface area contributed by atoms with Crippen LogP contribution in [0.25, 0.3) is 0 Å². The van der Waals surface area contributed by atoms with Crippen molar-refractivity contribution in [1.82, 2.24) is 10.2 Å². The highest BCUT2D eigenvalue weighted by atomic mass is 127. The molecule has 1 heterocycles. The number of hydrogen-bond acceptors (Lipinski definition) is 2. The van der Waals surface area contributed by atoms with Crippen LogP contribution in [0.5, 0.6) is 0 Å². The van der Waals surface area contributed by atoms with Gasteiger partial charge in [-0.15, -0.1) is 0 Å². The van der Waals surface area contributed by atoms with Crippen molar-refractivity contribution in [3.63, 3.8) is 0 Å². The summed E-state index contributed by atoms with van der Waals surface area (Å²) in [4.78, 5) is 25.9. The highest BCUT2D eigenvalue weighted by Crippen LogP contribution is 2.20. The van der Waals surface area contributed by atoms with Crippen LogP contribution in [0.15, 0.2) is 24.3 Å². The van der Waals surface area contributed by atoms with Crippen molar-refractivity contribution in [2.24, 2.45) is 0 Å². The lowest BCUT2D eigenvalue weighted by Gasteiger charge is -2.41. The first-order valence-electron chi connectivity index (χ1n) is 6.19. The van der Waals surface area contributed by atoms with Gasteiger partial charge >= 0.3 is 0 Å². The maximum Gasteiger partial charge on any atom is 0.248 e. The Morgan fingerprint density at radius 3 is 2.42 bits per heavy atom. The smallest absolute Gasteiger partial charge is 0.248 e. The number of hydrogen-bond donors (Lipinski definition) is 1. The molecule has 1 atom stereocenters. The zero-order valence-corrected chi connectivity index (χ0v) is 13.4. The number of benzene rings is 1. The van der Waals surface area contributed by atoms with Gasteiger partial charge < -0.3 is 10.2 Å². The van der Waals surface area contributed by atoms with E-state index in [-0.39, 0.29) is 11.8 Å². The summed E-state index contributed by atoms with van der Waals surface area (Å²) in [5.74, 6) is -0.145.